The van der Waals surface area contributed by atoms with Gasteiger partial charge >= 0.3 is 11.9 Å². The second-order valence-electron chi connectivity index (χ2n) is 8.10. The predicted molar refractivity (Wildman–Crippen MR) is 89.0 cm³/mol. The van der Waals surface area contributed by atoms with Crippen LogP contribution in [0.25, 0.3) is 0 Å². The SMILES string of the molecule is CC(C)(C)OC(=O)[C@@H](N)CCN1C(=O)CC[C@H]1C(=O)OC(C)(C)C. The third-order valence-corrected chi connectivity index (χ3v) is 3.40. The zero-order valence-corrected chi connectivity index (χ0v) is 15.5. The normalized spacial score (nSPS) is 20.0. The molecule has 138 valence electrons. The van der Waals surface area contributed by atoms with Gasteiger partial charge in [-0.05, 0) is 54.4 Å². The molecular formula is C17H30N2O5. The second-order valence-corrected chi connectivity index (χ2v) is 8.10. The van der Waals surface area contributed by atoms with Crippen LogP contribution in [-0.4, -0.2) is 52.6 Å². The fraction of sp³-hybridized carbons (Fsp3) is 0.824. The van der Waals surface area contributed by atoms with Crippen LogP contribution in [0.3, 0.4) is 0 Å². The molecule has 2 N–H and O–H groups in total. The summed E-state index contributed by atoms with van der Waals surface area (Å²) in [4.78, 5) is 37.6. The van der Waals surface area contributed by atoms with E-state index < -0.39 is 35.2 Å². The topological polar surface area (TPSA) is 98.9 Å². The van der Waals surface area contributed by atoms with Gasteiger partial charge in [0.2, 0.25) is 5.91 Å². The summed E-state index contributed by atoms with van der Waals surface area (Å²) in [7, 11) is 0. The molecular weight excluding hydrogens is 312 g/mol. The second kappa shape index (κ2) is 7.51. The average molecular weight is 342 g/mol. The van der Waals surface area contributed by atoms with E-state index in [1.165, 1.54) is 4.90 Å². The number of nitrogens with two attached hydrogens (primary N) is 1. The summed E-state index contributed by atoms with van der Waals surface area (Å²) in [5.41, 5.74) is 4.62. The van der Waals surface area contributed by atoms with Crippen LogP contribution in [0, 0.1) is 0 Å². The highest BCUT2D eigenvalue weighted by molar-refractivity contribution is 5.88. The summed E-state index contributed by atoms with van der Waals surface area (Å²) < 4.78 is 10.6. The summed E-state index contributed by atoms with van der Waals surface area (Å²) >= 11 is 0. The Labute approximate surface area is 143 Å². The van der Waals surface area contributed by atoms with Crippen LogP contribution >= 0.6 is 0 Å². The molecule has 1 rings (SSSR count). The molecule has 1 heterocycles. The maximum atomic E-state index is 12.2. The Balaban J connectivity index is 2.62. The van der Waals surface area contributed by atoms with Gasteiger partial charge in [0, 0.05) is 13.0 Å². The molecule has 1 fully saturated rings. The van der Waals surface area contributed by atoms with Crippen LogP contribution in [0.2, 0.25) is 0 Å². The maximum absolute atomic E-state index is 12.2. The van der Waals surface area contributed by atoms with Gasteiger partial charge in [0.15, 0.2) is 0 Å². The van der Waals surface area contributed by atoms with Crippen molar-refractivity contribution < 1.29 is 23.9 Å². The van der Waals surface area contributed by atoms with Gasteiger partial charge in [0.1, 0.15) is 23.3 Å². The lowest BCUT2D eigenvalue weighted by molar-refractivity contribution is -0.162. The first kappa shape index (κ1) is 20.4. The zero-order chi connectivity index (χ0) is 18.7. The van der Waals surface area contributed by atoms with E-state index in [-0.39, 0.29) is 18.9 Å². The Morgan fingerprint density at radius 3 is 2.21 bits per heavy atom. The highest BCUT2D eigenvalue weighted by Gasteiger charge is 2.38. The molecule has 0 saturated carbocycles. The van der Waals surface area contributed by atoms with Crippen molar-refractivity contribution in [3.05, 3.63) is 0 Å². The Hall–Kier alpha value is -1.63. The molecule has 0 bridgehead atoms. The quantitative estimate of drug-likeness (QED) is 0.758. The third-order valence-electron chi connectivity index (χ3n) is 3.40. The summed E-state index contributed by atoms with van der Waals surface area (Å²) in [6.45, 7) is 10.9. The lowest BCUT2D eigenvalue weighted by Gasteiger charge is -2.28. The molecule has 0 unspecified atom stereocenters. The molecule has 1 saturated heterocycles. The number of rotatable bonds is 5. The molecule has 0 spiro atoms. The molecule has 7 nitrogen and oxygen atoms in total. The minimum absolute atomic E-state index is 0.123. The number of ether oxygens (including phenoxy) is 2. The van der Waals surface area contributed by atoms with E-state index >= 15 is 0 Å². The summed E-state index contributed by atoms with van der Waals surface area (Å²) in [5, 5.41) is 0. The number of amides is 1. The van der Waals surface area contributed by atoms with Crippen LogP contribution in [0.5, 0.6) is 0 Å². The van der Waals surface area contributed by atoms with E-state index in [9.17, 15) is 14.4 Å². The number of likely N-dealkylation sites (tertiary alicyclic amines) is 1. The minimum Gasteiger partial charge on any atom is -0.459 e. The van der Waals surface area contributed by atoms with Crippen LogP contribution in [-0.2, 0) is 23.9 Å². The van der Waals surface area contributed by atoms with Crippen molar-refractivity contribution in [3.63, 3.8) is 0 Å². The van der Waals surface area contributed by atoms with Gasteiger partial charge in [-0.3, -0.25) is 9.59 Å². The number of esters is 2. The highest BCUT2D eigenvalue weighted by Crippen LogP contribution is 2.23. The number of nitrogens with zero attached hydrogens (tertiary/aromatic N) is 1. The van der Waals surface area contributed by atoms with Crippen LogP contribution in [0.1, 0.15) is 60.8 Å². The van der Waals surface area contributed by atoms with Gasteiger partial charge in [-0.1, -0.05) is 0 Å². The first-order chi connectivity index (χ1) is 10.8. The molecule has 24 heavy (non-hydrogen) atoms. The standard InChI is InChI=1S/C17H30N2O5/c1-16(2,3)23-14(21)11(18)9-10-19-12(7-8-13(19)20)15(22)24-17(4,5)6/h11-12H,7-10,18H2,1-6H3/t11-,12-/m0/s1. The van der Waals surface area contributed by atoms with Crippen molar-refractivity contribution in [2.24, 2.45) is 5.73 Å². The molecule has 1 aliphatic rings. The van der Waals surface area contributed by atoms with Crippen molar-refractivity contribution >= 4 is 17.8 Å². The first-order valence-electron chi connectivity index (χ1n) is 8.31. The van der Waals surface area contributed by atoms with Crippen molar-refractivity contribution in [1.82, 2.24) is 4.90 Å². The van der Waals surface area contributed by atoms with Crippen molar-refractivity contribution in [1.29, 1.82) is 0 Å². The molecule has 1 amide bonds. The largest absolute Gasteiger partial charge is 0.459 e. The van der Waals surface area contributed by atoms with E-state index in [0.717, 1.165) is 0 Å². The highest BCUT2D eigenvalue weighted by atomic mass is 16.6. The van der Waals surface area contributed by atoms with Gasteiger partial charge < -0.3 is 20.1 Å². The van der Waals surface area contributed by atoms with Gasteiger partial charge in [-0.15, -0.1) is 0 Å². The van der Waals surface area contributed by atoms with E-state index in [4.69, 9.17) is 15.2 Å². The molecule has 0 aromatic rings. The van der Waals surface area contributed by atoms with Crippen molar-refractivity contribution in [2.75, 3.05) is 6.54 Å². The van der Waals surface area contributed by atoms with E-state index in [1.54, 1.807) is 41.5 Å². The van der Waals surface area contributed by atoms with E-state index in [1.807, 2.05) is 0 Å². The Kier molecular flexibility index (Phi) is 6.38. The maximum Gasteiger partial charge on any atom is 0.329 e. The number of hydrogen-bond acceptors (Lipinski definition) is 6. The summed E-state index contributed by atoms with van der Waals surface area (Å²) in [6.07, 6.45) is 0.959. The van der Waals surface area contributed by atoms with E-state index in [0.29, 0.717) is 12.8 Å². The van der Waals surface area contributed by atoms with Crippen LogP contribution in [0.4, 0.5) is 0 Å². The fourth-order valence-corrected chi connectivity index (χ4v) is 2.40. The molecule has 0 aromatic carbocycles. The number of hydrogen-bond donors (Lipinski definition) is 1. The molecule has 7 heteroatoms. The lowest BCUT2D eigenvalue weighted by Crippen LogP contribution is -2.45. The van der Waals surface area contributed by atoms with Crippen molar-refractivity contribution in [3.8, 4) is 0 Å². The average Bonchev–Trinajstić information content (AvgIpc) is 2.73. The smallest absolute Gasteiger partial charge is 0.329 e. The third kappa shape index (κ3) is 6.47. The van der Waals surface area contributed by atoms with Gasteiger partial charge in [-0.25, -0.2) is 4.79 Å². The Morgan fingerprint density at radius 1 is 1.17 bits per heavy atom. The monoisotopic (exact) mass is 342 g/mol. The van der Waals surface area contributed by atoms with E-state index in [2.05, 4.69) is 0 Å². The molecule has 2 atom stereocenters. The molecule has 0 aliphatic carbocycles. The van der Waals surface area contributed by atoms with Crippen LogP contribution < -0.4 is 5.73 Å². The van der Waals surface area contributed by atoms with Gasteiger partial charge in [0.05, 0.1) is 0 Å². The predicted octanol–water partition coefficient (Wildman–Crippen LogP) is 1.38. The van der Waals surface area contributed by atoms with Crippen molar-refractivity contribution in [2.45, 2.75) is 84.1 Å². The fourth-order valence-electron chi connectivity index (χ4n) is 2.40. The summed E-state index contributed by atoms with van der Waals surface area (Å²) in [6, 6.07) is -1.44. The zero-order valence-electron chi connectivity index (χ0n) is 15.5. The first-order valence-corrected chi connectivity index (χ1v) is 8.31. The lowest BCUT2D eigenvalue weighted by atomic mass is 10.1. The van der Waals surface area contributed by atoms with Gasteiger partial charge in [0.25, 0.3) is 0 Å². The molecule has 1 aliphatic heterocycles. The number of carbonyl (C=O) groups is 3. The summed E-state index contributed by atoms with van der Waals surface area (Å²) in [5.74, 6) is -1.05. The molecule has 0 aromatic heterocycles. The van der Waals surface area contributed by atoms with Crippen LogP contribution in [0.15, 0.2) is 0 Å². The Morgan fingerprint density at radius 2 is 1.71 bits per heavy atom. The Bertz CT molecular complexity index is 490. The molecule has 0 radical (unpaired) electrons. The van der Waals surface area contributed by atoms with Gasteiger partial charge in [-0.2, -0.15) is 0 Å². The number of carbonyl (C=O) groups excluding carboxylic acids is 3. The minimum atomic E-state index is -0.836.